The van der Waals surface area contributed by atoms with Crippen molar-refractivity contribution in [2.75, 3.05) is 26.2 Å². The van der Waals surface area contributed by atoms with E-state index in [0.29, 0.717) is 19.6 Å². The molecule has 3 aromatic rings. The SMILES string of the molecule is CC(C)(C)OC(=O)CCN1CCOC(c2ccc(Oc3ccc4ccccc4c3)cc2)C1. The largest absolute Gasteiger partial charge is 0.460 e. The van der Waals surface area contributed by atoms with Crippen LogP contribution in [0.4, 0.5) is 0 Å². The summed E-state index contributed by atoms with van der Waals surface area (Å²) < 4.78 is 17.5. The molecule has 1 saturated heterocycles. The lowest BCUT2D eigenvalue weighted by molar-refractivity contribution is -0.155. The summed E-state index contributed by atoms with van der Waals surface area (Å²) in [7, 11) is 0. The lowest BCUT2D eigenvalue weighted by atomic mass is 10.1. The van der Waals surface area contributed by atoms with Gasteiger partial charge < -0.3 is 14.2 Å². The molecule has 0 saturated carbocycles. The molecule has 0 spiro atoms. The molecule has 5 heteroatoms. The van der Waals surface area contributed by atoms with E-state index in [2.05, 4.69) is 41.3 Å². The van der Waals surface area contributed by atoms with Crippen LogP contribution in [0.1, 0.15) is 38.9 Å². The van der Waals surface area contributed by atoms with Crippen molar-refractivity contribution in [2.24, 2.45) is 0 Å². The van der Waals surface area contributed by atoms with Gasteiger partial charge in [-0.15, -0.1) is 0 Å². The van der Waals surface area contributed by atoms with Gasteiger partial charge in [0.2, 0.25) is 0 Å². The average Bonchev–Trinajstić information content (AvgIpc) is 2.77. The minimum Gasteiger partial charge on any atom is -0.460 e. The minimum absolute atomic E-state index is 0.0166. The topological polar surface area (TPSA) is 48.0 Å². The van der Waals surface area contributed by atoms with Crippen LogP contribution in [0.15, 0.2) is 66.7 Å². The van der Waals surface area contributed by atoms with Gasteiger partial charge in [0.25, 0.3) is 0 Å². The van der Waals surface area contributed by atoms with Crippen LogP contribution in [0, 0.1) is 0 Å². The Hall–Kier alpha value is -2.89. The van der Waals surface area contributed by atoms with Crippen LogP contribution in [-0.2, 0) is 14.3 Å². The van der Waals surface area contributed by atoms with Gasteiger partial charge in [-0.3, -0.25) is 9.69 Å². The third-order valence-corrected chi connectivity index (χ3v) is 5.41. The molecule has 4 rings (SSSR count). The molecule has 0 bridgehead atoms. The molecule has 168 valence electrons. The second-order valence-electron chi connectivity index (χ2n) is 9.18. The number of esters is 1. The number of fused-ring (bicyclic) bond motifs is 1. The fourth-order valence-electron chi connectivity index (χ4n) is 3.87. The Morgan fingerprint density at radius 1 is 1.00 bits per heavy atom. The van der Waals surface area contributed by atoms with E-state index >= 15 is 0 Å². The maximum Gasteiger partial charge on any atom is 0.307 e. The van der Waals surface area contributed by atoms with Crippen LogP contribution < -0.4 is 4.74 Å². The van der Waals surface area contributed by atoms with Crippen molar-refractivity contribution in [2.45, 2.75) is 38.9 Å². The fraction of sp³-hybridized carbons (Fsp3) is 0.370. The number of carbonyl (C=O) groups is 1. The number of morpholine rings is 1. The smallest absolute Gasteiger partial charge is 0.307 e. The van der Waals surface area contributed by atoms with E-state index in [-0.39, 0.29) is 12.1 Å². The standard InChI is InChI=1S/C27H31NO4/c1-27(2,3)32-26(29)14-15-28-16-17-30-25(19-28)21-9-11-23(12-10-21)31-24-13-8-20-6-4-5-7-22(20)18-24/h4-13,18,25H,14-17,19H2,1-3H3. The Kier molecular flexibility index (Phi) is 6.77. The Bertz CT molecular complexity index is 1060. The van der Waals surface area contributed by atoms with Gasteiger partial charge in [0.15, 0.2) is 0 Å². The lowest BCUT2D eigenvalue weighted by Gasteiger charge is -2.33. The van der Waals surface area contributed by atoms with Gasteiger partial charge in [-0.05, 0) is 61.4 Å². The van der Waals surface area contributed by atoms with Crippen molar-refractivity contribution in [3.63, 3.8) is 0 Å². The van der Waals surface area contributed by atoms with E-state index < -0.39 is 5.60 Å². The minimum atomic E-state index is -0.443. The van der Waals surface area contributed by atoms with Crippen LogP contribution in [0.5, 0.6) is 11.5 Å². The molecule has 1 aliphatic heterocycles. The summed E-state index contributed by atoms with van der Waals surface area (Å²) in [5, 5.41) is 2.35. The summed E-state index contributed by atoms with van der Waals surface area (Å²) in [5.41, 5.74) is 0.666. The van der Waals surface area contributed by atoms with Crippen molar-refractivity contribution >= 4 is 16.7 Å². The summed E-state index contributed by atoms with van der Waals surface area (Å²) in [6, 6.07) is 22.4. The van der Waals surface area contributed by atoms with Crippen molar-refractivity contribution in [1.29, 1.82) is 0 Å². The van der Waals surface area contributed by atoms with Crippen molar-refractivity contribution in [3.05, 3.63) is 72.3 Å². The van der Waals surface area contributed by atoms with Crippen LogP contribution in [0.3, 0.4) is 0 Å². The predicted molar refractivity (Wildman–Crippen MR) is 126 cm³/mol. The zero-order chi connectivity index (χ0) is 22.6. The van der Waals surface area contributed by atoms with Crippen LogP contribution in [0.2, 0.25) is 0 Å². The molecule has 0 amide bonds. The number of hydrogen-bond acceptors (Lipinski definition) is 5. The summed E-state index contributed by atoms with van der Waals surface area (Å²) in [5.74, 6) is 1.45. The Morgan fingerprint density at radius 3 is 2.47 bits per heavy atom. The lowest BCUT2D eigenvalue weighted by Crippen LogP contribution is -2.39. The monoisotopic (exact) mass is 433 g/mol. The summed E-state index contributed by atoms with van der Waals surface area (Å²) >= 11 is 0. The molecule has 1 unspecified atom stereocenters. The third kappa shape index (κ3) is 6.09. The van der Waals surface area contributed by atoms with Gasteiger partial charge in [-0.25, -0.2) is 0 Å². The van der Waals surface area contributed by atoms with E-state index in [0.717, 1.165) is 35.5 Å². The highest BCUT2D eigenvalue weighted by atomic mass is 16.6. The van der Waals surface area contributed by atoms with E-state index in [9.17, 15) is 4.79 Å². The molecule has 0 radical (unpaired) electrons. The zero-order valence-corrected chi connectivity index (χ0v) is 19.0. The molecule has 1 heterocycles. The molecule has 1 fully saturated rings. The second-order valence-corrected chi connectivity index (χ2v) is 9.18. The molecule has 0 aromatic heterocycles. The molecular weight excluding hydrogens is 402 g/mol. The van der Waals surface area contributed by atoms with Gasteiger partial charge in [-0.2, -0.15) is 0 Å². The molecule has 0 N–H and O–H groups in total. The first-order valence-electron chi connectivity index (χ1n) is 11.2. The Labute approximate surface area is 189 Å². The summed E-state index contributed by atoms with van der Waals surface area (Å²) in [4.78, 5) is 14.3. The summed E-state index contributed by atoms with van der Waals surface area (Å²) in [6.07, 6.45) is 0.375. The normalized spacial score (nSPS) is 17.3. The van der Waals surface area contributed by atoms with Gasteiger partial charge >= 0.3 is 5.97 Å². The highest BCUT2D eigenvalue weighted by Crippen LogP contribution is 2.28. The average molecular weight is 434 g/mol. The van der Waals surface area contributed by atoms with Crippen LogP contribution >= 0.6 is 0 Å². The zero-order valence-electron chi connectivity index (χ0n) is 19.0. The van der Waals surface area contributed by atoms with E-state index in [1.165, 1.54) is 5.39 Å². The van der Waals surface area contributed by atoms with Crippen molar-refractivity contribution in [3.8, 4) is 11.5 Å². The Morgan fingerprint density at radius 2 is 1.72 bits per heavy atom. The number of ether oxygens (including phenoxy) is 3. The van der Waals surface area contributed by atoms with Crippen LogP contribution in [-0.4, -0.2) is 42.7 Å². The number of nitrogens with zero attached hydrogens (tertiary/aromatic N) is 1. The fourth-order valence-corrected chi connectivity index (χ4v) is 3.87. The van der Waals surface area contributed by atoms with Gasteiger partial charge in [-0.1, -0.05) is 42.5 Å². The van der Waals surface area contributed by atoms with E-state index in [4.69, 9.17) is 14.2 Å². The number of carbonyl (C=O) groups excluding carboxylic acids is 1. The van der Waals surface area contributed by atoms with Crippen LogP contribution in [0.25, 0.3) is 10.8 Å². The van der Waals surface area contributed by atoms with E-state index in [1.807, 2.05) is 51.1 Å². The molecule has 3 aromatic carbocycles. The van der Waals surface area contributed by atoms with E-state index in [1.54, 1.807) is 0 Å². The molecule has 1 aliphatic rings. The third-order valence-electron chi connectivity index (χ3n) is 5.41. The molecule has 1 atom stereocenters. The first-order chi connectivity index (χ1) is 15.4. The first-order valence-corrected chi connectivity index (χ1v) is 11.2. The van der Waals surface area contributed by atoms with Gasteiger partial charge in [0.05, 0.1) is 19.1 Å². The maximum atomic E-state index is 12.0. The Balaban J connectivity index is 1.33. The summed E-state index contributed by atoms with van der Waals surface area (Å²) in [6.45, 7) is 8.58. The molecule has 5 nitrogen and oxygen atoms in total. The molecule has 32 heavy (non-hydrogen) atoms. The second kappa shape index (κ2) is 9.72. The van der Waals surface area contributed by atoms with Gasteiger partial charge in [0.1, 0.15) is 17.1 Å². The van der Waals surface area contributed by atoms with Crippen molar-refractivity contribution in [1.82, 2.24) is 4.90 Å². The number of rotatable bonds is 6. The highest BCUT2D eigenvalue weighted by molar-refractivity contribution is 5.83. The highest BCUT2D eigenvalue weighted by Gasteiger charge is 2.23. The van der Waals surface area contributed by atoms with Gasteiger partial charge in [0, 0.05) is 19.6 Å². The quantitative estimate of drug-likeness (QED) is 0.464. The first kappa shape index (κ1) is 22.3. The maximum absolute atomic E-state index is 12.0. The number of hydrogen-bond donors (Lipinski definition) is 0. The molecular formula is C27H31NO4. The predicted octanol–water partition coefficient (Wildman–Crippen LogP) is 5.74. The van der Waals surface area contributed by atoms with Crippen molar-refractivity contribution < 1.29 is 19.0 Å². The number of benzene rings is 3. The molecule has 0 aliphatic carbocycles.